The quantitative estimate of drug-likeness (QED) is 0.596. The molecule has 20 heavy (non-hydrogen) atoms. The molecule has 0 saturated carbocycles. The number of aromatic nitrogens is 1. The number of hydrogen-bond acceptors (Lipinski definition) is 1. The molecule has 3 heteroatoms. The first kappa shape index (κ1) is 12.9. The third-order valence-corrected chi connectivity index (χ3v) is 3.91. The van der Waals surface area contributed by atoms with Crippen LogP contribution in [0.25, 0.3) is 10.9 Å². The van der Waals surface area contributed by atoms with Crippen LogP contribution in [0.2, 0.25) is 5.15 Å². The Morgan fingerprint density at radius 1 is 1.05 bits per heavy atom. The predicted octanol–water partition coefficient (Wildman–Crippen LogP) is 4.89. The van der Waals surface area contributed by atoms with E-state index < -0.39 is 0 Å². The molecule has 0 aliphatic rings. The fraction of sp³-hybridized carbons (Fsp3) is 0.118. The molecular weight excluding hydrogens is 268 g/mol. The van der Waals surface area contributed by atoms with Gasteiger partial charge in [-0.15, -0.1) is 0 Å². The Balaban J connectivity index is 2.06. The monoisotopic (exact) mass is 282 g/mol. The maximum atomic E-state index is 6.40. The molecule has 0 N–H and O–H groups in total. The van der Waals surface area contributed by atoms with Gasteiger partial charge in [-0.2, -0.15) is 0 Å². The molecule has 3 rings (SSSR count). The van der Waals surface area contributed by atoms with Crippen molar-refractivity contribution < 1.29 is 0 Å². The summed E-state index contributed by atoms with van der Waals surface area (Å²) in [6.07, 6.45) is 1.84. The molecule has 0 aliphatic heterocycles. The Morgan fingerprint density at radius 3 is 2.50 bits per heavy atom. The van der Waals surface area contributed by atoms with Crippen LogP contribution in [0, 0.1) is 6.92 Å². The average Bonchev–Trinajstić information content (AvgIpc) is 2.71. The van der Waals surface area contributed by atoms with Crippen molar-refractivity contribution in [1.82, 2.24) is 4.57 Å². The van der Waals surface area contributed by atoms with E-state index in [-0.39, 0.29) is 0 Å². The second-order valence-corrected chi connectivity index (χ2v) is 5.23. The van der Waals surface area contributed by atoms with Gasteiger partial charge in [-0.25, -0.2) is 0 Å². The van der Waals surface area contributed by atoms with E-state index in [1.807, 2.05) is 42.1 Å². The zero-order chi connectivity index (χ0) is 14.1. The smallest absolute Gasteiger partial charge is 0.118 e. The number of nitrogens with zero attached hydrogens (tertiary/aromatic N) is 2. The maximum Gasteiger partial charge on any atom is 0.118 e. The number of hydrogen-bond donors (Lipinski definition) is 0. The highest BCUT2D eigenvalue weighted by molar-refractivity contribution is 6.34. The third kappa shape index (κ3) is 2.23. The van der Waals surface area contributed by atoms with Gasteiger partial charge >= 0.3 is 0 Å². The Labute approximate surface area is 123 Å². The second kappa shape index (κ2) is 5.14. The lowest BCUT2D eigenvalue weighted by molar-refractivity contribution is 0.969. The summed E-state index contributed by atoms with van der Waals surface area (Å²) in [6, 6.07) is 16.3. The van der Waals surface area contributed by atoms with Crippen molar-refractivity contribution in [2.24, 2.45) is 12.0 Å². The average molecular weight is 283 g/mol. The first-order chi connectivity index (χ1) is 9.66. The van der Waals surface area contributed by atoms with Gasteiger partial charge in [0.05, 0.1) is 5.69 Å². The van der Waals surface area contributed by atoms with E-state index in [0.717, 1.165) is 22.2 Å². The van der Waals surface area contributed by atoms with Gasteiger partial charge in [0.25, 0.3) is 0 Å². The lowest BCUT2D eigenvalue weighted by atomic mass is 10.2. The molecule has 0 radical (unpaired) electrons. The first-order valence-corrected chi connectivity index (χ1v) is 6.88. The summed E-state index contributed by atoms with van der Waals surface area (Å²) in [6.45, 7) is 2.06. The zero-order valence-electron chi connectivity index (χ0n) is 11.5. The van der Waals surface area contributed by atoms with Crippen LogP contribution in [0.4, 0.5) is 5.69 Å². The van der Waals surface area contributed by atoms with E-state index in [1.165, 1.54) is 5.56 Å². The Morgan fingerprint density at radius 2 is 1.75 bits per heavy atom. The molecule has 1 heterocycles. The van der Waals surface area contributed by atoms with Crippen molar-refractivity contribution in [3.63, 3.8) is 0 Å². The molecular formula is C17H15ClN2. The van der Waals surface area contributed by atoms with Crippen molar-refractivity contribution in [1.29, 1.82) is 0 Å². The first-order valence-electron chi connectivity index (χ1n) is 6.50. The molecule has 2 nitrogen and oxygen atoms in total. The summed E-state index contributed by atoms with van der Waals surface area (Å²) in [7, 11) is 1.97. The third-order valence-electron chi connectivity index (χ3n) is 3.45. The highest BCUT2D eigenvalue weighted by Crippen LogP contribution is 2.28. The van der Waals surface area contributed by atoms with Crippen LogP contribution in [0.1, 0.15) is 11.1 Å². The second-order valence-electron chi connectivity index (χ2n) is 4.87. The number of halogens is 1. The van der Waals surface area contributed by atoms with Crippen molar-refractivity contribution in [3.05, 3.63) is 64.8 Å². The summed E-state index contributed by atoms with van der Waals surface area (Å²) in [5.74, 6) is 0. The predicted molar refractivity (Wildman–Crippen MR) is 86.4 cm³/mol. The highest BCUT2D eigenvalue weighted by Gasteiger charge is 2.10. The lowest BCUT2D eigenvalue weighted by Crippen LogP contribution is -1.86. The van der Waals surface area contributed by atoms with Gasteiger partial charge in [-0.1, -0.05) is 47.5 Å². The molecule has 0 amide bonds. The Kier molecular flexibility index (Phi) is 3.33. The SMILES string of the molecule is Cc1ccc(N=Cc2c(Cl)n(C)c3ccccc23)cc1. The topological polar surface area (TPSA) is 17.3 Å². The summed E-state index contributed by atoms with van der Waals surface area (Å²) in [4.78, 5) is 4.52. The summed E-state index contributed by atoms with van der Waals surface area (Å²) in [5, 5.41) is 1.83. The Bertz CT molecular complexity index is 783. The van der Waals surface area contributed by atoms with E-state index in [1.54, 1.807) is 0 Å². The summed E-state index contributed by atoms with van der Waals surface area (Å²) in [5.41, 5.74) is 4.24. The van der Waals surface area contributed by atoms with Gasteiger partial charge in [-0.05, 0) is 25.1 Å². The fourth-order valence-corrected chi connectivity index (χ4v) is 2.53. The van der Waals surface area contributed by atoms with E-state index in [9.17, 15) is 0 Å². The molecule has 0 fully saturated rings. The van der Waals surface area contributed by atoms with Gasteiger partial charge in [-0.3, -0.25) is 4.99 Å². The minimum atomic E-state index is 0.710. The Hall–Kier alpha value is -2.06. The standard InChI is InChI=1S/C17H15ClN2/c1-12-7-9-13(10-8-12)19-11-15-14-5-3-4-6-16(14)20(2)17(15)18/h3-11H,1-2H3. The molecule has 1 aromatic heterocycles. The number of aliphatic imine (C=N–C) groups is 1. The number of para-hydroxylation sites is 1. The van der Waals surface area contributed by atoms with Crippen LogP contribution in [-0.4, -0.2) is 10.8 Å². The van der Waals surface area contributed by atoms with Crippen LogP contribution < -0.4 is 0 Å². The normalized spacial score (nSPS) is 11.6. The molecule has 0 spiro atoms. The van der Waals surface area contributed by atoms with Gasteiger partial charge in [0.2, 0.25) is 0 Å². The van der Waals surface area contributed by atoms with Gasteiger partial charge in [0, 0.05) is 29.7 Å². The van der Waals surface area contributed by atoms with E-state index in [0.29, 0.717) is 5.15 Å². The maximum absolute atomic E-state index is 6.40. The van der Waals surface area contributed by atoms with Crippen molar-refractivity contribution in [2.75, 3.05) is 0 Å². The van der Waals surface area contributed by atoms with Gasteiger partial charge in [0.1, 0.15) is 5.15 Å². The molecule has 0 bridgehead atoms. The van der Waals surface area contributed by atoms with Crippen LogP contribution in [-0.2, 0) is 7.05 Å². The largest absolute Gasteiger partial charge is 0.334 e. The van der Waals surface area contributed by atoms with Crippen LogP contribution in [0.5, 0.6) is 0 Å². The number of aryl methyl sites for hydroxylation is 2. The summed E-state index contributed by atoms with van der Waals surface area (Å²) >= 11 is 6.40. The molecule has 100 valence electrons. The molecule has 0 aliphatic carbocycles. The van der Waals surface area contributed by atoms with Gasteiger partial charge < -0.3 is 4.57 Å². The number of fused-ring (bicyclic) bond motifs is 1. The molecule has 0 atom stereocenters. The summed E-state index contributed by atoms with van der Waals surface area (Å²) < 4.78 is 1.98. The van der Waals surface area contributed by atoms with Crippen molar-refractivity contribution in [3.8, 4) is 0 Å². The lowest BCUT2D eigenvalue weighted by Gasteiger charge is -1.96. The zero-order valence-corrected chi connectivity index (χ0v) is 12.2. The fourth-order valence-electron chi connectivity index (χ4n) is 2.28. The minimum absolute atomic E-state index is 0.710. The van der Waals surface area contributed by atoms with Crippen molar-refractivity contribution >= 4 is 34.4 Å². The molecule has 0 saturated heterocycles. The van der Waals surface area contributed by atoms with Crippen LogP contribution in [0.15, 0.2) is 53.5 Å². The van der Waals surface area contributed by atoms with Crippen LogP contribution >= 0.6 is 11.6 Å². The number of benzene rings is 2. The highest BCUT2D eigenvalue weighted by atomic mass is 35.5. The molecule has 2 aromatic carbocycles. The molecule has 3 aromatic rings. The van der Waals surface area contributed by atoms with E-state index >= 15 is 0 Å². The van der Waals surface area contributed by atoms with Crippen LogP contribution in [0.3, 0.4) is 0 Å². The molecule has 0 unspecified atom stereocenters. The minimum Gasteiger partial charge on any atom is -0.334 e. The number of rotatable bonds is 2. The van der Waals surface area contributed by atoms with E-state index in [2.05, 4.69) is 36.2 Å². The van der Waals surface area contributed by atoms with Crippen molar-refractivity contribution in [2.45, 2.75) is 6.92 Å². The van der Waals surface area contributed by atoms with E-state index in [4.69, 9.17) is 11.6 Å². The van der Waals surface area contributed by atoms with Gasteiger partial charge in [0.15, 0.2) is 0 Å².